The number of carbonyl (C=O) groups is 2. The first-order valence-electron chi connectivity index (χ1n) is 6.71. The number of esters is 1. The van der Waals surface area contributed by atoms with Crippen LogP contribution in [0.3, 0.4) is 0 Å². The zero-order chi connectivity index (χ0) is 15.0. The molecule has 1 amide bonds. The van der Waals surface area contributed by atoms with Gasteiger partial charge in [-0.25, -0.2) is 0 Å². The van der Waals surface area contributed by atoms with E-state index in [2.05, 4.69) is 0 Å². The Kier molecular flexibility index (Phi) is 6.56. The SMILES string of the molecule is CCCN(CC(=O)OCC)C(=O)c1ccc(OC)cc1. The number of ether oxygens (including phenoxy) is 2. The van der Waals surface area contributed by atoms with E-state index >= 15 is 0 Å². The third-order valence-corrected chi connectivity index (χ3v) is 2.74. The summed E-state index contributed by atoms with van der Waals surface area (Å²) in [6.07, 6.45) is 0.779. The molecule has 20 heavy (non-hydrogen) atoms. The highest BCUT2D eigenvalue weighted by Crippen LogP contribution is 2.13. The fourth-order valence-electron chi connectivity index (χ4n) is 1.80. The van der Waals surface area contributed by atoms with Crippen molar-refractivity contribution in [2.75, 3.05) is 26.8 Å². The Bertz CT molecular complexity index is 442. The quantitative estimate of drug-likeness (QED) is 0.717. The van der Waals surface area contributed by atoms with E-state index in [4.69, 9.17) is 9.47 Å². The van der Waals surface area contributed by atoms with Crippen molar-refractivity contribution in [2.45, 2.75) is 20.3 Å². The molecule has 1 aromatic rings. The molecule has 0 unspecified atom stereocenters. The van der Waals surface area contributed by atoms with Gasteiger partial charge in [-0.15, -0.1) is 0 Å². The first-order chi connectivity index (χ1) is 9.62. The largest absolute Gasteiger partial charge is 0.497 e. The van der Waals surface area contributed by atoms with Gasteiger partial charge in [0.2, 0.25) is 0 Å². The summed E-state index contributed by atoms with van der Waals surface area (Å²) in [5, 5.41) is 0. The maximum absolute atomic E-state index is 12.4. The Balaban J connectivity index is 2.78. The monoisotopic (exact) mass is 279 g/mol. The average Bonchev–Trinajstić information content (AvgIpc) is 2.46. The molecule has 1 aromatic carbocycles. The minimum absolute atomic E-state index is 0.0213. The highest BCUT2D eigenvalue weighted by molar-refractivity contribution is 5.96. The summed E-state index contributed by atoms with van der Waals surface area (Å²) in [7, 11) is 1.57. The van der Waals surface area contributed by atoms with Crippen LogP contribution in [0.2, 0.25) is 0 Å². The summed E-state index contributed by atoms with van der Waals surface area (Å²) in [5.74, 6) is 0.124. The van der Waals surface area contributed by atoms with Gasteiger partial charge in [-0.3, -0.25) is 9.59 Å². The van der Waals surface area contributed by atoms with Crippen LogP contribution in [0, 0.1) is 0 Å². The van der Waals surface area contributed by atoms with Gasteiger partial charge in [0.1, 0.15) is 12.3 Å². The number of hydrogen-bond acceptors (Lipinski definition) is 4. The van der Waals surface area contributed by atoms with Crippen molar-refractivity contribution in [3.8, 4) is 5.75 Å². The number of hydrogen-bond donors (Lipinski definition) is 0. The lowest BCUT2D eigenvalue weighted by molar-refractivity contribution is -0.143. The third kappa shape index (κ3) is 4.57. The van der Waals surface area contributed by atoms with E-state index in [9.17, 15) is 9.59 Å². The summed E-state index contributed by atoms with van der Waals surface area (Å²) >= 11 is 0. The molecule has 0 fully saturated rings. The Morgan fingerprint density at radius 2 is 1.80 bits per heavy atom. The maximum atomic E-state index is 12.4. The number of methoxy groups -OCH3 is 1. The topological polar surface area (TPSA) is 55.8 Å². The van der Waals surface area contributed by atoms with Crippen molar-refractivity contribution < 1.29 is 19.1 Å². The van der Waals surface area contributed by atoms with Gasteiger partial charge in [0.15, 0.2) is 0 Å². The van der Waals surface area contributed by atoms with E-state index in [1.807, 2.05) is 6.92 Å². The Labute approximate surface area is 119 Å². The fraction of sp³-hybridized carbons (Fsp3) is 0.467. The first kappa shape index (κ1) is 16.0. The molecule has 0 saturated carbocycles. The molecule has 0 saturated heterocycles. The van der Waals surface area contributed by atoms with Gasteiger partial charge in [0.25, 0.3) is 5.91 Å². The van der Waals surface area contributed by atoms with E-state index < -0.39 is 0 Å². The fourth-order valence-corrected chi connectivity index (χ4v) is 1.80. The minimum atomic E-state index is -0.386. The van der Waals surface area contributed by atoms with Crippen LogP contribution < -0.4 is 4.74 Å². The second-order valence-corrected chi connectivity index (χ2v) is 4.26. The molecule has 0 aliphatic rings. The lowest BCUT2D eigenvalue weighted by Crippen LogP contribution is -2.37. The highest BCUT2D eigenvalue weighted by Gasteiger charge is 2.18. The molecule has 110 valence electrons. The van der Waals surface area contributed by atoms with Gasteiger partial charge in [0, 0.05) is 12.1 Å². The standard InChI is InChI=1S/C15H21NO4/c1-4-10-16(11-14(17)20-5-2)15(18)12-6-8-13(19-3)9-7-12/h6-9H,4-5,10-11H2,1-3H3. The maximum Gasteiger partial charge on any atom is 0.325 e. The van der Waals surface area contributed by atoms with E-state index in [0.29, 0.717) is 24.5 Å². The van der Waals surface area contributed by atoms with Crippen LogP contribution >= 0.6 is 0 Å². The number of nitrogens with zero attached hydrogens (tertiary/aromatic N) is 1. The van der Waals surface area contributed by atoms with E-state index in [1.165, 1.54) is 4.90 Å². The number of carbonyl (C=O) groups excluding carboxylic acids is 2. The third-order valence-electron chi connectivity index (χ3n) is 2.74. The average molecular weight is 279 g/mol. The van der Waals surface area contributed by atoms with Crippen LogP contribution in [-0.4, -0.2) is 43.6 Å². The lowest BCUT2D eigenvalue weighted by Gasteiger charge is -2.21. The van der Waals surface area contributed by atoms with Gasteiger partial charge in [-0.1, -0.05) is 6.92 Å². The smallest absolute Gasteiger partial charge is 0.325 e. The van der Waals surface area contributed by atoms with Crippen LogP contribution in [0.1, 0.15) is 30.6 Å². The molecule has 0 N–H and O–H groups in total. The van der Waals surface area contributed by atoms with Crippen LogP contribution in [-0.2, 0) is 9.53 Å². The summed E-state index contributed by atoms with van der Waals surface area (Å²) in [6.45, 7) is 4.51. The Morgan fingerprint density at radius 3 is 2.30 bits per heavy atom. The molecule has 0 aromatic heterocycles. The molecule has 0 atom stereocenters. The van der Waals surface area contributed by atoms with Crippen LogP contribution in [0.25, 0.3) is 0 Å². The second-order valence-electron chi connectivity index (χ2n) is 4.26. The Hall–Kier alpha value is -2.04. The normalized spacial score (nSPS) is 9.95. The van der Waals surface area contributed by atoms with E-state index in [1.54, 1.807) is 38.3 Å². The number of amides is 1. The van der Waals surface area contributed by atoms with E-state index in [0.717, 1.165) is 6.42 Å². The molecular formula is C15H21NO4. The molecule has 5 nitrogen and oxygen atoms in total. The molecular weight excluding hydrogens is 258 g/mol. The zero-order valence-electron chi connectivity index (χ0n) is 12.2. The zero-order valence-corrected chi connectivity index (χ0v) is 12.2. The van der Waals surface area contributed by atoms with Crippen molar-refractivity contribution in [3.05, 3.63) is 29.8 Å². The van der Waals surface area contributed by atoms with Crippen LogP contribution in [0.15, 0.2) is 24.3 Å². The summed E-state index contributed by atoms with van der Waals surface area (Å²) in [5.41, 5.74) is 0.531. The Morgan fingerprint density at radius 1 is 1.15 bits per heavy atom. The molecule has 0 aliphatic carbocycles. The van der Waals surface area contributed by atoms with Crippen molar-refractivity contribution in [3.63, 3.8) is 0 Å². The van der Waals surface area contributed by atoms with Gasteiger partial charge in [-0.2, -0.15) is 0 Å². The molecule has 1 rings (SSSR count). The minimum Gasteiger partial charge on any atom is -0.497 e. The molecule has 0 bridgehead atoms. The molecule has 0 radical (unpaired) electrons. The van der Waals surface area contributed by atoms with Crippen molar-refractivity contribution in [1.29, 1.82) is 0 Å². The predicted octanol–water partition coefficient (Wildman–Crippen LogP) is 2.11. The molecule has 0 spiro atoms. The first-order valence-corrected chi connectivity index (χ1v) is 6.71. The van der Waals surface area contributed by atoms with Crippen molar-refractivity contribution in [2.24, 2.45) is 0 Å². The van der Waals surface area contributed by atoms with Crippen LogP contribution in [0.4, 0.5) is 0 Å². The van der Waals surface area contributed by atoms with Gasteiger partial charge >= 0.3 is 5.97 Å². The van der Waals surface area contributed by atoms with Gasteiger partial charge in [-0.05, 0) is 37.6 Å². The van der Waals surface area contributed by atoms with Gasteiger partial charge in [0.05, 0.1) is 13.7 Å². The number of rotatable bonds is 7. The summed E-state index contributed by atoms with van der Waals surface area (Å²) < 4.78 is 9.94. The molecule has 5 heteroatoms. The van der Waals surface area contributed by atoms with E-state index in [-0.39, 0.29) is 18.4 Å². The summed E-state index contributed by atoms with van der Waals surface area (Å²) in [6, 6.07) is 6.83. The van der Waals surface area contributed by atoms with Gasteiger partial charge < -0.3 is 14.4 Å². The predicted molar refractivity (Wildman–Crippen MR) is 75.8 cm³/mol. The lowest BCUT2D eigenvalue weighted by atomic mass is 10.2. The van der Waals surface area contributed by atoms with Crippen molar-refractivity contribution >= 4 is 11.9 Å². The number of benzene rings is 1. The molecule has 0 aliphatic heterocycles. The van der Waals surface area contributed by atoms with Crippen molar-refractivity contribution in [1.82, 2.24) is 4.90 Å². The highest BCUT2D eigenvalue weighted by atomic mass is 16.5. The second kappa shape index (κ2) is 8.19. The van der Waals surface area contributed by atoms with Crippen LogP contribution in [0.5, 0.6) is 5.75 Å². The molecule has 0 heterocycles. The summed E-state index contributed by atoms with van der Waals surface area (Å²) in [4.78, 5) is 25.4.